The number of carbonyl (C=O) groups is 1. The first-order chi connectivity index (χ1) is 7.29. The molecule has 0 radical (unpaired) electrons. The zero-order valence-electron chi connectivity index (χ0n) is 7.42. The van der Waals surface area contributed by atoms with Crippen LogP contribution in [0.1, 0.15) is 16.2 Å². The first kappa shape index (κ1) is 12.8. The Kier molecular flexibility index (Phi) is 3.41. The molecule has 86 valence electrons. The highest BCUT2D eigenvalue weighted by Gasteiger charge is 2.39. The number of carboxylic acids is 1. The molecule has 9 heteroatoms. The molecule has 16 heavy (non-hydrogen) atoms. The molecule has 0 amide bonds. The molecule has 0 aliphatic carbocycles. The number of hydrogen-bond donors (Lipinski definition) is 1. The van der Waals surface area contributed by atoms with E-state index in [1.807, 2.05) is 0 Å². The second-order valence-electron chi connectivity index (χ2n) is 2.63. The van der Waals surface area contributed by atoms with E-state index in [1.165, 1.54) is 28.7 Å². The zero-order chi connectivity index (χ0) is 12.5. The van der Waals surface area contributed by atoms with Crippen molar-refractivity contribution in [2.24, 2.45) is 0 Å². The Morgan fingerprint density at radius 1 is 1.62 bits per heavy atom. The first-order valence-electron chi connectivity index (χ1n) is 3.72. The third kappa shape index (κ3) is 2.26. The van der Waals surface area contributed by atoms with Crippen molar-refractivity contribution in [2.75, 3.05) is 0 Å². The normalized spacial score (nSPS) is 11.2. The lowest BCUT2D eigenvalue weighted by atomic mass is 10.3. The van der Waals surface area contributed by atoms with Gasteiger partial charge in [0.25, 0.3) is 0 Å². The lowest BCUT2D eigenvalue weighted by Gasteiger charge is -2.01. The Labute approximate surface area is 101 Å². The predicted molar refractivity (Wildman–Crippen MR) is 52.5 cm³/mol. The summed E-state index contributed by atoms with van der Waals surface area (Å²) < 4.78 is 37.2. The molecule has 0 spiro atoms. The molecular formula is C7H3F3IN3O2. The summed E-state index contributed by atoms with van der Waals surface area (Å²) in [4.78, 5) is 10.7. The number of carboxylic acid groups (broad SMARTS) is 1. The van der Waals surface area contributed by atoms with Crippen molar-refractivity contribution in [1.29, 1.82) is 5.26 Å². The number of aromatic carboxylic acids is 1. The topological polar surface area (TPSA) is 78.9 Å². The van der Waals surface area contributed by atoms with Gasteiger partial charge in [0, 0.05) is 0 Å². The highest BCUT2D eigenvalue weighted by atomic mass is 127. The second kappa shape index (κ2) is 4.28. The second-order valence-corrected chi connectivity index (χ2v) is 3.71. The van der Waals surface area contributed by atoms with Crippen molar-refractivity contribution >= 4 is 28.6 Å². The van der Waals surface area contributed by atoms with Crippen LogP contribution in [0.25, 0.3) is 0 Å². The van der Waals surface area contributed by atoms with Gasteiger partial charge in [0.1, 0.15) is 6.54 Å². The quantitative estimate of drug-likeness (QED) is 0.828. The highest BCUT2D eigenvalue weighted by Crippen LogP contribution is 2.33. The van der Waals surface area contributed by atoms with Crippen molar-refractivity contribution in [3.8, 4) is 6.07 Å². The van der Waals surface area contributed by atoms with Crippen LogP contribution >= 0.6 is 22.6 Å². The fourth-order valence-corrected chi connectivity index (χ4v) is 1.93. The van der Waals surface area contributed by atoms with Gasteiger partial charge >= 0.3 is 12.1 Å². The third-order valence-electron chi connectivity index (χ3n) is 1.59. The number of alkyl halides is 3. The van der Waals surface area contributed by atoms with Crippen LogP contribution in [-0.4, -0.2) is 20.9 Å². The number of nitriles is 1. The van der Waals surface area contributed by atoms with Crippen LogP contribution in [0.5, 0.6) is 0 Å². The van der Waals surface area contributed by atoms with Gasteiger partial charge in [-0.2, -0.15) is 23.5 Å². The molecule has 0 aliphatic rings. The van der Waals surface area contributed by atoms with Crippen molar-refractivity contribution in [3.05, 3.63) is 15.0 Å². The van der Waals surface area contributed by atoms with E-state index in [2.05, 4.69) is 5.10 Å². The summed E-state index contributed by atoms with van der Waals surface area (Å²) >= 11 is 1.25. The van der Waals surface area contributed by atoms with Gasteiger partial charge in [-0.1, -0.05) is 0 Å². The molecule has 1 N–H and O–H groups in total. The molecule has 0 aromatic carbocycles. The van der Waals surface area contributed by atoms with Gasteiger partial charge in [0.2, 0.25) is 0 Å². The van der Waals surface area contributed by atoms with Crippen LogP contribution in [0.15, 0.2) is 0 Å². The van der Waals surface area contributed by atoms with Crippen molar-refractivity contribution in [3.63, 3.8) is 0 Å². The number of nitrogens with zero attached hydrogens (tertiary/aromatic N) is 3. The maximum atomic E-state index is 12.4. The predicted octanol–water partition coefficient (Wildman–Crippen LogP) is 1.73. The molecule has 0 unspecified atom stereocenters. The SMILES string of the molecule is N#CCn1nc(C(F)(F)F)c(I)c1C(=O)O. The summed E-state index contributed by atoms with van der Waals surface area (Å²) in [6, 6.07) is 1.54. The van der Waals surface area contributed by atoms with Crippen LogP contribution in [0.4, 0.5) is 13.2 Å². The summed E-state index contributed by atoms with van der Waals surface area (Å²) in [7, 11) is 0. The number of halogens is 4. The van der Waals surface area contributed by atoms with E-state index in [-0.39, 0.29) is 0 Å². The van der Waals surface area contributed by atoms with E-state index in [9.17, 15) is 18.0 Å². The van der Waals surface area contributed by atoms with Crippen LogP contribution in [0, 0.1) is 14.9 Å². The Morgan fingerprint density at radius 2 is 2.19 bits per heavy atom. The Morgan fingerprint density at radius 3 is 2.56 bits per heavy atom. The van der Waals surface area contributed by atoms with Gasteiger partial charge in [0.05, 0.1) is 9.64 Å². The summed E-state index contributed by atoms with van der Waals surface area (Å²) in [5.74, 6) is -1.55. The van der Waals surface area contributed by atoms with Crippen LogP contribution in [0.3, 0.4) is 0 Å². The van der Waals surface area contributed by atoms with Crippen molar-refractivity contribution in [1.82, 2.24) is 9.78 Å². The van der Waals surface area contributed by atoms with E-state index in [4.69, 9.17) is 10.4 Å². The molecule has 0 bridgehead atoms. The largest absolute Gasteiger partial charge is 0.476 e. The molecule has 0 atom stereocenters. The van der Waals surface area contributed by atoms with E-state index in [1.54, 1.807) is 0 Å². The van der Waals surface area contributed by atoms with Gasteiger partial charge in [-0.25, -0.2) is 9.48 Å². The smallest absolute Gasteiger partial charge is 0.436 e. The van der Waals surface area contributed by atoms with E-state index in [0.717, 1.165) is 0 Å². The van der Waals surface area contributed by atoms with Crippen molar-refractivity contribution < 1.29 is 23.1 Å². The Balaban J connectivity index is 3.43. The van der Waals surface area contributed by atoms with E-state index in [0.29, 0.717) is 4.68 Å². The van der Waals surface area contributed by atoms with Gasteiger partial charge in [-0.15, -0.1) is 0 Å². The summed E-state index contributed by atoms with van der Waals surface area (Å²) in [5, 5.41) is 20.1. The fourth-order valence-electron chi connectivity index (χ4n) is 1.01. The van der Waals surface area contributed by atoms with Crippen LogP contribution < -0.4 is 0 Å². The Bertz CT molecular complexity index is 474. The monoisotopic (exact) mass is 345 g/mol. The lowest BCUT2D eigenvalue weighted by molar-refractivity contribution is -0.142. The summed E-state index contributed by atoms with van der Waals surface area (Å²) in [6.45, 7) is -0.548. The zero-order valence-corrected chi connectivity index (χ0v) is 9.57. The molecule has 1 heterocycles. The van der Waals surface area contributed by atoms with Crippen LogP contribution in [0.2, 0.25) is 0 Å². The highest BCUT2D eigenvalue weighted by molar-refractivity contribution is 14.1. The standard InChI is InChI=1S/C7H3F3IN3O2/c8-7(9,10)5-3(11)4(6(15)16)14(13-5)2-1-12/h2H2,(H,15,16). The molecule has 0 saturated heterocycles. The van der Waals surface area contributed by atoms with E-state index < -0.39 is 33.6 Å². The third-order valence-corrected chi connectivity index (χ3v) is 2.61. The van der Waals surface area contributed by atoms with E-state index >= 15 is 0 Å². The molecule has 1 aromatic heterocycles. The lowest BCUT2D eigenvalue weighted by Crippen LogP contribution is -2.10. The van der Waals surface area contributed by atoms with Gasteiger partial charge in [-0.05, 0) is 22.6 Å². The average molecular weight is 345 g/mol. The van der Waals surface area contributed by atoms with Crippen LogP contribution in [-0.2, 0) is 12.7 Å². The maximum Gasteiger partial charge on any atom is 0.436 e. The van der Waals surface area contributed by atoms with Gasteiger partial charge in [-0.3, -0.25) is 0 Å². The molecular weight excluding hydrogens is 342 g/mol. The minimum Gasteiger partial charge on any atom is -0.476 e. The number of aromatic nitrogens is 2. The first-order valence-corrected chi connectivity index (χ1v) is 4.80. The molecule has 1 aromatic rings. The average Bonchev–Trinajstić information content (AvgIpc) is 2.42. The summed E-state index contributed by atoms with van der Waals surface area (Å²) in [6.07, 6.45) is -4.73. The Hall–Kier alpha value is -1.31. The van der Waals surface area contributed by atoms with Crippen molar-refractivity contribution in [2.45, 2.75) is 12.7 Å². The number of hydrogen-bond acceptors (Lipinski definition) is 3. The molecule has 0 saturated carbocycles. The molecule has 0 aliphatic heterocycles. The fraction of sp³-hybridized carbons (Fsp3) is 0.286. The minimum absolute atomic E-state index is 0.521. The van der Waals surface area contributed by atoms with Gasteiger partial charge in [0.15, 0.2) is 11.4 Å². The molecule has 0 fully saturated rings. The maximum absolute atomic E-state index is 12.4. The minimum atomic E-state index is -4.73. The molecule has 5 nitrogen and oxygen atoms in total. The van der Waals surface area contributed by atoms with Gasteiger partial charge < -0.3 is 5.11 Å². The molecule has 1 rings (SSSR count). The summed E-state index contributed by atoms with van der Waals surface area (Å²) in [5.41, 5.74) is -1.92. The number of rotatable bonds is 2.